The average Bonchev–Trinajstić information content (AvgIpc) is 2.73. The first-order chi connectivity index (χ1) is 8.34. The molecule has 104 valence electrons. The summed E-state index contributed by atoms with van der Waals surface area (Å²) in [6, 6.07) is 0. The normalized spacial score (nSPS) is 26.7. The van der Waals surface area contributed by atoms with Crippen LogP contribution in [0.25, 0.3) is 0 Å². The molecule has 0 aliphatic carbocycles. The van der Waals surface area contributed by atoms with Crippen LogP contribution in [0.4, 0.5) is 0 Å². The highest BCUT2D eigenvalue weighted by molar-refractivity contribution is 6.82. The third kappa shape index (κ3) is 4.88. The van der Waals surface area contributed by atoms with E-state index in [0.29, 0.717) is 6.61 Å². The van der Waals surface area contributed by atoms with Crippen molar-refractivity contribution in [3.63, 3.8) is 0 Å². The summed E-state index contributed by atoms with van der Waals surface area (Å²) in [4.78, 5) is 0. The lowest BCUT2D eigenvalue weighted by Gasteiger charge is -2.22. The molecule has 18 heavy (non-hydrogen) atoms. The van der Waals surface area contributed by atoms with Crippen LogP contribution in [0, 0.1) is 0 Å². The Morgan fingerprint density at radius 3 is 2.72 bits per heavy atom. The maximum atomic E-state index is 6.39. The highest BCUT2D eigenvalue weighted by Gasteiger charge is 2.30. The van der Waals surface area contributed by atoms with E-state index in [1.165, 1.54) is 5.20 Å². The predicted octanol–water partition coefficient (Wildman–Crippen LogP) is 4.13. The van der Waals surface area contributed by atoms with Crippen molar-refractivity contribution >= 4 is 19.7 Å². The Hall–Kier alpha value is -0.0931. The van der Waals surface area contributed by atoms with Crippen LogP contribution in [0.3, 0.4) is 0 Å². The molecule has 0 aromatic rings. The van der Waals surface area contributed by atoms with Gasteiger partial charge in [-0.25, -0.2) is 0 Å². The van der Waals surface area contributed by atoms with E-state index in [9.17, 15) is 0 Å². The molecule has 1 fully saturated rings. The lowest BCUT2D eigenvalue weighted by atomic mass is 10.1. The SMILES string of the molecule is C=C(CCC(Cl)C1COC(C=CC)O1)[Si](C)(C)C. The van der Waals surface area contributed by atoms with Crippen molar-refractivity contribution in [2.45, 2.75) is 57.2 Å². The first-order valence-corrected chi connectivity index (χ1v) is 10.5. The summed E-state index contributed by atoms with van der Waals surface area (Å²) in [5, 5.41) is 1.38. The summed E-state index contributed by atoms with van der Waals surface area (Å²) < 4.78 is 11.2. The van der Waals surface area contributed by atoms with Gasteiger partial charge in [0, 0.05) is 0 Å². The Labute approximate surface area is 117 Å². The molecule has 0 saturated carbocycles. The molecule has 0 amide bonds. The summed E-state index contributed by atoms with van der Waals surface area (Å²) in [6.07, 6.45) is 5.54. The fourth-order valence-corrected chi connectivity index (χ4v) is 2.90. The Morgan fingerprint density at radius 2 is 2.17 bits per heavy atom. The number of ether oxygens (including phenoxy) is 2. The molecule has 1 aliphatic heterocycles. The summed E-state index contributed by atoms with van der Waals surface area (Å²) in [5.41, 5.74) is 0. The first-order valence-electron chi connectivity index (χ1n) is 6.56. The lowest BCUT2D eigenvalue weighted by molar-refractivity contribution is -0.0204. The van der Waals surface area contributed by atoms with Crippen LogP contribution >= 0.6 is 11.6 Å². The number of allylic oxidation sites excluding steroid dienone is 2. The minimum atomic E-state index is -1.23. The Kier molecular flexibility index (Phi) is 6.12. The van der Waals surface area contributed by atoms with Crippen molar-refractivity contribution < 1.29 is 9.47 Å². The van der Waals surface area contributed by atoms with E-state index in [4.69, 9.17) is 21.1 Å². The maximum absolute atomic E-state index is 6.39. The van der Waals surface area contributed by atoms with E-state index in [1.54, 1.807) is 0 Å². The van der Waals surface area contributed by atoms with Gasteiger partial charge in [0.2, 0.25) is 0 Å². The summed E-state index contributed by atoms with van der Waals surface area (Å²) in [5.74, 6) is 0. The second-order valence-corrected chi connectivity index (χ2v) is 11.6. The molecule has 0 aromatic carbocycles. The molecule has 2 nitrogen and oxygen atoms in total. The van der Waals surface area contributed by atoms with Crippen LogP contribution in [-0.2, 0) is 9.47 Å². The van der Waals surface area contributed by atoms with Crippen LogP contribution in [0.1, 0.15) is 19.8 Å². The fourth-order valence-electron chi connectivity index (χ4n) is 1.76. The number of hydrogen-bond acceptors (Lipinski definition) is 2. The molecule has 0 radical (unpaired) electrons. The Morgan fingerprint density at radius 1 is 1.50 bits per heavy atom. The molecule has 3 atom stereocenters. The molecule has 0 aromatic heterocycles. The third-order valence-electron chi connectivity index (χ3n) is 3.27. The summed E-state index contributed by atoms with van der Waals surface area (Å²) in [7, 11) is -1.23. The van der Waals surface area contributed by atoms with Crippen molar-refractivity contribution in [3.8, 4) is 0 Å². The van der Waals surface area contributed by atoms with Crippen LogP contribution in [0.5, 0.6) is 0 Å². The van der Waals surface area contributed by atoms with Crippen molar-refractivity contribution in [2.24, 2.45) is 0 Å². The van der Waals surface area contributed by atoms with Crippen LogP contribution < -0.4 is 0 Å². The zero-order valence-corrected chi connectivity index (χ0v) is 13.7. The molecule has 1 heterocycles. The molecule has 3 unspecified atom stereocenters. The highest BCUT2D eigenvalue weighted by atomic mass is 35.5. The summed E-state index contributed by atoms with van der Waals surface area (Å²) in [6.45, 7) is 13.7. The van der Waals surface area contributed by atoms with Gasteiger partial charge < -0.3 is 9.47 Å². The van der Waals surface area contributed by atoms with Gasteiger partial charge in [-0.3, -0.25) is 0 Å². The van der Waals surface area contributed by atoms with Crippen LogP contribution in [-0.4, -0.2) is 32.5 Å². The molecule has 0 N–H and O–H groups in total. The molecule has 1 saturated heterocycles. The lowest BCUT2D eigenvalue weighted by Crippen LogP contribution is -2.27. The minimum Gasteiger partial charge on any atom is -0.346 e. The van der Waals surface area contributed by atoms with Gasteiger partial charge in [0.15, 0.2) is 6.29 Å². The monoisotopic (exact) mass is 288 g/mol. The van der Waals surface area contributed by atoms with Gasteiger partial charge in [-0.15, -0.1) is 18.2 Å². The standard InChI is InChI=1S/C14H25ClO2Si/c1-6-7-14-16-10-13(17-14)12(15)9-8-11(2)18(3,4)5/h6-7,12-14H,2,8-10H2,1,3-5H3. The number of rotatable bonds is 6. The topological polar surface area (TPSA) is 18.5 Å². The van der Waals surface area contributed by atoms with E-state index >= 15 is 0 Å². The van der Waals surface area contributed by atoms with Crippen molar-refractivity contribution in [2.75, 3.05) is 6.61 Å². The molecular weight excluding hydrogens is 264 g/mol. The van der Waals surface area contributed by atoms with Crippen molar-refractivity contribution in [3.05, 3.63) is 23.9 Å². The third-order valence-corrected chi connectivity index (χ3v) is 6.14. The smallest absolute Gasteiger partial charge is 0.177 e. The molecule has 0 bridgehead atoms. The molecule has 1 rings (SSSR count). The van der Waals surface area contributed by atoms with Gasteiger partial charge in [0.05, 0.1) is 20.1 Å². The molecule has 4 heteroatoms. The van der Waals surface area contributed by atoms with Crippen molar-refractivity contribution in [1.82, 2.24) is 0 Å². The number of hydrogen-bond donors (Lipinski definition) is 0. The predicted molar refractivity (Wildman–Crippen MR) is 80.8 cm³/mol. The maximum Gasteiger partial charge on any atom is 0.177 e. The summed E-state index contributed by atoms with van der Waals surface area (Å²) >= 11 is 6.39. The second-order valence-electron chi connectivity index (χ2n) is 5.81. The van der Waals surface area contributed by atoms with Gasteiger partial charge in [-0.1, -0.05) is 30.9 Å². The van der Waals surface area contributed by atoms with Crippen molar-refractivity contribution in [1.29, 1.82) is 0 Å². The first kappa shape index (κ1) is 16.0. The van der Waals surface area contributed by atoms with E-state index in [0.717, 1.165) is 12.8 Å². The van der Waals surface area contributed by atoms with Gasteiger partial charge in [0.1, 0.15) is 6.10 Å². The zero-order chi connectivity index (χ0) is 13.8. The van der Waals surface area contributed by atoms with E-state index < -0.39 is 8.07 Å². The minimum absolute atomic E-state index is 0.00213. The van der Waals surface area contributed by atoms with E-state index in [-0.39, 0.29) is 17.8 Å². The van der Waals surface area contributed by atoms with Gasteiger partial charge in [-0.2, -0.15) is 0 Å². The Balaban J connectivity index is 2.34. The molecular formula is C14H25ClO2Si. The molecule has 1 aliphatic rings. The zero-order valence-electron chi connectivity index (χ0n) is 11.9. The largest absolute Gasteiger partial charge is 0.346 e. The number of halogens is 1. The second kappa shape index (κ2) is 6.90. The quantitative estimate of drug-likeness (QED) is 0.416. The highest BCUT2D eigenvalue weighted by Crippen LogP contribution is 2.25. The van der Waals surface area contributed by atoms with Gasteiger partial charge in [0.25, 0.3) is 0 Å². The van der Waals surface area contributed by atoms with Gasteiger partial charge >= 0.3 is 0 Å². The van der Waals surface area contributed by atoms with E-state index in [1.807, 2.05) is 19.1 Å². The van der Waals surface area contributed by atoms with E-state index in [2.05, 4.69) is 26.2 Å². The Bertz CT molecular complexity index is 309. The van der Waals surface area contributed by atoms with Crippen LogP contribution in [0.2, 0.25) is 19.6 Å². The van der Waals surface area contributed by atoms with Gasteiger partial charge in [-0.05, 0) is 25.8 Å². The fraction of sp³-hybridized carbons (Fsp3) is 0.714. The van der Waals surface area contributed by atoms with Crippen LogP contribution in [0.15, 0.2) is 23.9 Å². The molecule has 0 spiro atoms. The number of alkyl halides is 1. The average molecular weight is 289 g/mol.